The molecular formula is C10H8F6O. The molecule has 96 valence electrons. The third-order valence-electron chi connectivity index (χ3n) is 2.23. The van der Waals surface area contributed by atoms with E-state index < -0.39 is 34.8 Å². The van der Waals surface area contributed by atoms with Crippen molar-refractivity contribution in [2.75, 3.05) is 7.11 Å². The van der Waals surface area contributed by atoms with Crippen molar-refractivity contribution in [3.8, 4) is 5.75 Å². The van der Waals surface area contributed by atoms with Crippen molar-refractivity contribution in [1.29, 1.82) is 0 Å². The second kappa shape index (κ2) is 4.12. The molecule has 0 amide bonds. The van der Waals surface area contributed by atoms with Crippen LogP contribution in [-0.4, -0.2) is 7.11 Å². The minimum absolute atomic E-state index is 0.477. The van der Waals surface area contributed by atoms with Crippen LogP contribution in [0.2, 0.25) is 0 Å². The number of halogens is 6. The van der Waals surface area contributed by atoms with Gasteiger partial charge in [0.15, 0.2) is 0 Å². The zero-order chi connectivity index (χ0) is 13.4. The van der Waals surface area contributed by atoms with Crippen LogP contribution >= 0.6 is 0 Å². The van der Waals surface area contributed by atoms with Crippen molar-refractivity contribution >= 4 is 0 Å². The lowest BCUT2D eigenvalue weighted by atomic mass is 10.0. The van der Waals surface area contributed by atoms with E-state index in [0.717, 1.165) is 14.0 Å². The largest absolute Gasteiger partial charge is 0.497 e. The van der Waals surface area contributed by atoms with Crippen molar-refractivity contribution < 1.29 is 31.1 Å². The van der Waals surface area contributed by atoms with Crippen LogP contribution in [0.25, 0.3) is 0 Å². The lowest BCUT2D eigenvalue weighted by molar-refractivity contribution is -0.144. The molecule has 1 nitrogen and oxygen atoms in total. The van der Waals surface area contributed by atoms with Gasteiger partial charge in [-0.05, 0) is 24.6 Å². The summed E-state index contributed by atoms with van der Waals surface area (Å²) in [5.41, 5.74) is -3.54. The Labute approximate surface area is 93.0 Å². The fourth-order valence-corrected chi connectivity index (χ4v) is 1.39. The molecule has 0 heterocycles. The third-order valence-corrected chi connectivity index (χ3v) is 2.23. The van der Waals surface area contributed by atoms with Gasteiger partial charge in [-0.2, -0.15) is 26.3 Å². The van der Waals surface area contributed by atoms with Crippen LogP contribution in [0.4, 0.5) is 26.3 Å². The van der Waals surface area contributed by atoms with Gasteiger partial charge in [-0.25, -0.2) is 0 Å². The van der Waals surface area contributed by atoms with E-state index in [-0.39, 0.29) is 0 Å². The Morgan fingerprint density at radius 3 is 1.47 bits per heavy atom. The van der Waals surface area contributed by atoms with Crippen LogP contribution in [0.15, 0.2) is 12.1 Å². The van der Waals surface area contributed by atoms with E-state index >= 15 is 0 Å². The Balaban J connectivity index is 3.53. The van der Waals surface area contributed by atoms with Gasteiger partial charge >= 0.3 is 12.4 Å². The quantitative estimate of drug-likeness (QED) is 0.691. The molecule has 0 aliphatic rings. The Bertz CT molecular complexity index is 383. The smallest absolute Gasteiger partial charge is 0.416 e. The second-order valence-corrected chi connectivity index (χ2v) is 3.34. The molecule has 7 heteroatoms. The van der Waals surface area contributed by atoms with Gasteiger partial charge in [0.1, 0.15) is 5.75 Å². The molecule has 0 aliphatic heterocycles. The maximum Gasteiger partial charge on any atom is 0.416 e. The molecule has 17 heavy (non-hydrogen) atoms. The van der Waals surface area contributed by atoms with Crippen LogP contribution in [0.1, 0.15) is 16.7 Å². The van der Waals surface area contributed by atoms with Crippen LogP contribution < -0.4 is 4.74 Å². The van der Waals surface area contributed by atoms with Gasteiger partial charge < -0.3 is 4.74 Å². The Morgan fingerprint density at radius 2 is 1.24 bits per heavy atom. The van der Waals surface area contributed by atoms with Crippen molar-refractivity contribution in [3.63, 3.8) is 0 Å². The summed E-state index contributed by atoms with van der Waals surface area (Å²) < 4.78 is 79.5. The maximum absolute atomic E-state index is 12.5. The predicted octanol–water partition coefficient (Wildman–Crippen LogP) is 4.04. The Morgan fingerprint density at radius 1 is 0.882 bits per heavy atom. The normalized spacial score (nSPS) is 12.7. The van der Waals surface area contributed by atoms with Gasteiger partial charge in [-0.15, -0.1) is 0 Å². The molecule has 0 N–H and O–H groups in total. The number of hydrogen-bond donors (Lipinski definition) is 0. The first-order valence-corrected chi connectivity index (χ1v) is 4.40. The molecule has 0 unspecified atom stereocenters. The summed E-state index contributed by atoms with van der Waals surface area (Å²) in [6, 6.07) is 1.09. The molecule has 1 aromatic carbocycles. The molecule has 1 rings (SSSR count). The molecule has 0 atom stereocenters. The van der Waals surface area contributed by atoms with Gasteiger partial charge in [0.25, 0.3) is 0 Å². The maximum atomic E-state index is 12.5. The van der Waals surface area contributed by atoms with E-state index in [0.29, 0.717) is 12.1 Å². The zero-order valence-electron chi connectivity index (χ0n) is 8.83. The SMILES string of the molecule is COc1cc(C(F)(F)F)c(C)c(C(F)(F)F)c1. The second-order valence-electron chi connectivity index (χ2n) is 3.34. The van der Waals surface area contributed by atoms with E-state index in [1.54, 1.807) is 0 Å². The highest BCUT2D eigenvalue weighted by atomic mass is 19.4. The molecule has 0 fully saturated rings. The average Bonchev–Trinajstić information content (AvgIpc) is 2.14. The summed E-state index contributed by atoms with van der Waals surface area (Å²) in [7, 11) is 1.00. The van der Waals surface area contributed by atoms with Gasteiger partial charge in [0.05, 0.1) is 18.2 Å². The van der Waals surface area contributed by atoms with Gasteiger partial charge in [-0.1, -0.05) is 0 Å². The molecule has 0 aliphatic carbocycles. The summed E-state index contributed by atoms with van der Waals surface area (Å²) in [5, 5.41) is 0. The van der Waals surface area contributed by atoms with Gasteiger partial charge in [0, 0.05) is 0 Å². The molecule has 0 saturated carbocycles. The van der Waals surface area contributed by atoms with E-state index in [1.165, 1.54) is 0 Å². The molecule has 0 spiro atoms. The van der Waals surface area contributed by atoms with Crippen LogP contribution in [-0.2, 0) is 12.4 Å². The number of rotatable bonds is 1. The third kappa shape index (κ3) is 2.83. The van der Waals surface area contributed by atoms with Crippen LogP contribution in [0, 0.1) is 6.92 Å². The summed E-state index contributed by atoms with van der Waals surface area (Å²) in [6.07, 6.45) is -9.70. The van der Waals surface area contributed by atoms with Crippen LogP contribution in [0.5, 0.6) is 5.75 Å². The fraction of sp³-hybridized carbons (Fsp3) is 0.400. The number of methoxy groups -OCH3 is 1. The van der Waals surface area contributed by atoms with Crippen molar-refractivity contribution in [1.82, 2.24) is 0 Å². The first-order chi connectivity index (χ1) is 7.57. The summed E-state index contributed by atoms with van der Waals surface area (Å²) in [5.74, 6) is -0.477. The topological polar surface area (TPSA) is 9.23 Å². The zero-order valence-corrected chi connectivity index (χ0v) is 8.83. The number of ether oxygens (including phenoxy) is 1. The van der Waals surface area contributed by atoms with Crippen molar-refractivity contribution in [3.05, 3.63) is 28.8 Å². The Hall–Kier alpha value is -1.40. The lowest BCUT2D eigenvalue weighted by Gasteiger charge is -2.17. The standard InChI is InChI=1S/C10H8F6O/c1-5-7(9(11,12)13)3-6(17-2)4-8(5)10(14,15)16/h3-4H,1-2H3. The van der Waals surface area contributed by atoms with E-state index in [2.05, 4.69) is 4.74 Å². The Kier molecular flexibility index (Phi) is 3.31. The first kappa shape index (κ1) is 13.7. The summed E-state index contributed by atoms with van der Waals surface area (Å²) in [6.45, 7) is 0.783. The highest BCUT2D eigenvalue weighted by Crippen LogP contribution is 2.41. The minimum atomic E-state index is -4.85. The number of alkyl halides is 6. The van der Waals surface area contributed by atoms with E-state index in [9.17, 15) is 26.3 Å². The van der Waals surface area contributed by atoms with Crippen LogP contribution in [0.3, 0.4) is 0 Å². The molecular weight excluding hydrogens is 250 g/mol. The molecule has 0 aromatic heterocycles. The highest BCUT2D eigenvalue weighted by Gasteiger charge is 2.40. The van der Waals surface area contributed by atoms with E-state index in [1.807, 2.05) is 0 Å². The fourth-order valence-electron chi connectivity index (χ4n) is 1.39. The minimum Gasteiger partial charge on any atom is -0.497 e. The van der Waals surface area contributed by atoms with Crippen molar-refractivity contribution in [2.45, 2.75) is 19.3 Å². The molecule has 0 radical (unpaired) electrons. The highest BCUT2D eigenvalue weighted by molar-refractivity contribution is 5.44. The summed E-state index contributed by atoms with van der Waals surface area (Å²) in [4.78, 5) is 0. The first-order valence-electron chi connectivity index (χ1n) is 4.40. The van der Waals surface area contributed by atoms with Crippen molar-refractivity contribution in [2.24, 2.45) is 0 Å². The number of benzene rings is 1. The molecule has 0 saturated heterocycles. The molecule has 1 aromatic rings. The van der Waals surface area contributed by atoms with Gasteiger partial charge in [-0.3, -0.25) is 0 Å². The summed E-state index contributed by atoms with van der Waals surface area (Å²) >= 11 is 0. The van der Waals surface area contributed by atoms with Gasteiger partial charge in [0.2, 0.25) is 0 Å². The monoisotopic (exact) mass is 258 g/mol. The van der Waals surface area contributed by atoms with E-state index in [4.69, 9.17) is 0 Å². The number of hydrogen-bond acceptors (Lipinski definition) is 1. The lowest BCUT2D eigenvalue weighted by Crippen LogP contribution is -2.14. The molecule has 0 bridgehead atoms. The average molecular weight is 258 g/mol. The predicted molar refractivity (Wildman–Crippen MR) is 47.7 cm³/mol.